The Kier molecular flexibility index (Phi) is 2.83. The van der Waals surface area contributed by atoms with Crippen LogP contribution >= 0.6 is 0 Å². The lowest BCUT2D eigenvalue weighted by Gasteiger charge is -2.19. The fourth-order valence-corrected chi connectivity index (χ4v) is 1.87. The second-order valence-corrected chi connectivity index (χ2v) is 4.30. The highest BCUT2D eigenvalue weighted by atomic mass is 16.6. The number of hydrogen-bond acceptors (Lipinski definition) is 4. The molecule has 1 aromatic rings. The van der Waals surface area contributed by atoms with Crippen LogP contribution in [0, 0.1) is 0 Å². The summed E-state index contributed by atoms with van der Waals surface area (Å²) in [5.41, 5.74) is 1.44. The van der Waals surface area contributed by atoms with Crippen LogP contribution in [0.2, 0.25) is 0 Å². The lowest BCUT2D eigenvalue weighted by Crippen LogP contribution is -2.31. The van der Waals surface area contributed by atoms with Crippen LogP contribution in [0.4, 0.5) is 10.5 Å². The highest BCUT2D eigenvalue weighted by molar-refractivity contribution is 5.91. The molecule has 1 amide bonds. The van der Waals surface area contributed by atoms with Gasteiger partial charge in [0.15, 0.2) is 11.5 Å². The molecule has 2 N–H and O–H groups in total. The number of amides is 1. The van der Waals surface area contributed by atoms with Gasteiger partial charge in [0.25, 0.3) is 0 Å². The van der Waals surface area contributed by atoms with E-state index in [2.05, 4.69) is 0 Å². The number of benzene rings is 1. The first kappa shape index (κ1) is 11.6. The Morgan fingerprint density at radius 3 is 2.65 bits per heavy atom. The van der Waals surface area contributed by atoms with Crippen molar-refractivity contribution in [3.05, 3.63) is 17.7 Å². The van der Waals surface area contributed by atoms with E-state index in [1.165, 1.54) is 17.0 Å². The average Bonchev–Trinajstić information content (AvgIpc) is 2.60. The molecule has 0 radical (unpaired) electrons. The molecule has 1 aromatic carbocycles. The first-order chi connectivity index (χ1) is 7.99. The third-order valence-corrected chi connectivity index (χ3v) is 2.63. The number of carbonyl (C=O) groups excluding carboxylic acids is 1. The average molecular weight is 237 g/mol. The van der Waals surface area contributed by atoms with Crippen molar-refractivity contribution in [1.82, 2.24) is 0 Å². The fraction of sp³-hybridized carbons (Fsp3) is 0.417. The zero-order valence-corrected chi connectivity index (χ0v) is 9.80. The standard InChI is InChI=1S/C12H15NO4/c1-7(2)17-12(16)13-4-3-8-5-10(14)11(15)6-9(8)13/h5-7,14-15H,3-4H2,1-2H3. The topological polar surface area (TPSA) is 70.0 Å². The predicted molar refractivity (Wildman–Crippen MR) is 62.4 cm³/mol. The Morgan fingerprint density at radius 1 is 1.35 bits per heavy atom. The van der Waals surface area contributed by atoms with Gasteiger partial charge in [0.1, 0.15) is 0 Å². The van der Waals surface area contributed by atoms with Crippen molar-refractivity contribution >= 4 is 11.8 Å². The van der Waals surface area contributed by atoms with Gasteiger partial charge in [-0.25, -0.2) is 4.79 Å². The number of fused-ring (bicyclic) bond motifs is 1. The normalized spacial score (nSPS) is 13.9. The maximum Gasteiger partial charge on any atom is 0.414 e. The monoisotopic (exact) mass is 237 g/mol. The molecule has 0 aliphatic carbocycles. The van der Waals surface area contributed by atoms with E-state index < -0.39 is 6.09 Å². The van der Waals surface area contributed by atoms with Gasteiger partial charge in [-0.15, -0.1) is 0 Å². The molecule has 17 heavy (non-hydrogen) atoms. The van der Waals surface area contributed by atoms with Crippen molar-refractivity contribution in [2.24, 2.45) is 0 Å². The Balaban J connectivity index is 2.27. The van der Waals surface area contributed by atoms with Crippen molar-refractivity contribution in [1.29, 1.82) is 0 Å². The molecule has 92 valence electrons. The molecule has 1 aliphatic heterocycles. The van der Waals surface area contributed by atoms with E-state index in [4.69, 9.17) is 4.74 Å². The molecule has 0 spiro atoms. The lowest BCUT2D eigenvalue weighted by atomic mass is 10.1. The third-order valence-electron chi connectivity index (χ3n) is 2.63. The molecule has 1 heterocycles. The Hall–Kier alpha value is -1.91. The number of rotatable bonds is 1. The molecule has 0 atom stereocenters. The first-order valence-corrected chi connectivity index (χ1v) is 5.52. The van der Waals surface area contributed by atoms with E-state index >= 15 is 0 Å². The number of ether oxygens (including phenoxy) is 1. The van der Waals surface area contributed by atoms with E-state index in [9.17, 15) is 15.0 Å². The van der Waals surface area contributed by atoms with E-state index in [1.54, 1.807) is 13.8 Å². The second-order valence-electron chi connectivity index (χ2n) is 4.30. The largest absolute Gasteiger partial charge is 0.504 e. The molecule has 5 nitrogen and oxygen atoms in total. The van der Waals surface area contributed by atoms with E-state index in [-0.39, 0.29) is 17.6 Å². The van der Waals surface area contributed by atoms with Crippen molar-refractivity contribution in [3.63, 3.8) is 0 Å². The summed E-state index contributed by atoms with van der Waals surface area (Å²) in [6.45, 7) is 4.07. The molecule has 1 aliphatic rings. The number of phenols is 2. The SMILES string of the molecule is CC(C)OC(=O)N1CCc2cc(O)c(O)cc21. The minimum Gasteiger partial charge on any atom is -0.504 e. The van der Waals surface area contributed by atoms with E-state index in [0.29, 0.717) is 18.7 Å². The van der Waals surface area contributed by atoms with Gasteiger partial charge in [0, 0.05) is 12.6 Å². The van der Waals surface area contributed by atoms with Gasteiger partial charge in [-0.1, -0.05) is 0 Å². The summed E-state index contributed by atoms with van der Waals surface area (Å²) in [4.78, 5) is 13.2. The number of phenolic OH excluding ortho intramolecular Hbond substituents is 2. The Bertz CT molecular complexity index is 456. The number of anilines is 1. The quantitative estimate of drug-likeness (QED) is 0.733. The van der Waals surface area contributed by atoms with Crippen LogP contribution in [0.3, 0.4) is 0 Å². The zero-order chi connectivity index (χ0) is 12.6. The van der Waals surface area contributed by atoms with E-state index in [0.717, 1.165) is 5.56 Å². The van der Waals surface area contributed by atoms with Gasteiger partial charge in [0.05, 0.1) is 11.8 Å². The van der Waals surface area contributed by atoms with Gasteiger partial charge in [-0.3, -0.25) is 4.90 Å². The first-order valence-electron chi connectivity index (χ1n) is 5.52. The van der Waals surface area contributed by atoms with Gasteiger partial charge >= 0.3 is 6.09 Å². The molecule has 5 heteroatoms. The molecule has 0 fully saturated rings. The zero-order valence-electron chi connectivity index (χ0n) is 9.80. The molecule has 2 rings (SSSR count). The number of carbonyl (C=O) groups is 1. The van der Waals surface area contributed by atoms with Gasteiger partial charge in [-0.2, -0.15) is 0 Å². The van der Waals surface area contributed by atoms with Crippen LogP contribution in [0.5, 0.6) is 11.5 Å². The highest BCUT2D eigenvalue weighted by Crippen LogP contribution is 2.37. The summed E-state index contributed by atoms with van der Waals surface area (Å²) in [7, 11) is 0. The lowest BCUT2D eigenvalue weighted by molar-refractivity contribution is 0.123. The third kappa shape index (κ3) is 2.13. The summed E-state index contributed by atoms with van der Waals surface area (Å²) < 4.78 is 5.10. The summed E-state index contributed by atoms with van der Waals surface area (Å²) >= 11 is 0. The summed E-state index contributed by atoms with van der Waals surface area (Å²) in [5, 5.41) is 18.8. The second kappa shape index (κ2) is 4.16. The predicted octanol–water partition coefficient (Wildman–Crippen LogP) is 2.01. The van der Waals surface area contributed by atoms with Crippen LogP contribution in [-0.4, -0.2) is 29.0 Å². The smallest absolute Gasteiger partial charge is 0.414 e. The number of nitrogens with zero attached hydrogens (tertiary/aromatic N) is 1. The molecule has 0 bridgehead atoms. The molecular formula is C12H15NO4. The highest BCUT2D eigenvalue weighted by Gasteiger charge is 2.27. The van der Waals surface area contributed by atoms with Gasteiger partial charge < -0.3 is 14.9 Å². The molecular weight excluding hydrogens is 222 g/mol. The van der Waals surface area contributed by atoms with Crippen LogP contribution in [-0.2, 0) is 11.2 Å². The van der Waals surface area contributed by atoms with Crippen molar-refractivity contribution in [3.8, 4) is 11.5 Å². The van der Waals surface area contributed by atoms with Crippen LogP contribution in [0.1, 0.15) is 19.4 Å². The number of hydrogen-bond donors (Lipinski definition) is 2. The van der Waals surface area contributed by atoms with Crippen LogP contribution in [0.25, 0.3) is 0 Å². The van der Waals surface area contributed by atoms with Gasteiger partial charge in [0.2, 0.25) is 0 Å². The minimum absolute atomic E-state index is 0.164. The summed E-state index contributed by atoms with van der Waals surface area (Å²) in [6.07, 6.45) is 0.0391. The Labute approximate surface area is 99.2 Å². The van der Waals surface area contributed by atoms with Crippen molar-refractivity contribution < 1.29 is 19.7 Å². The summed E-state index contributed by atoms with van der Waals surface area (Å²) in [5.74, 6) is -0.393. The maximum absolute atomic E-state index is 11.8. The molecule has 0 aromatic heterocycles. The Morgan fingerprint density at radius 2 is 2.00 bits per heavy atom. The minimum atomic E-state index is -0.427. The maximum atomic E-state index is 11.8. The number of aromatic hydroxyl groups is 2. The van der Waals surface area contributed by atoms with Gasteiger partial charge in [-0.05, 0) is 31.9 Å². The summed E-state index contributed by atoms with van der Waals surface area (Å²) in [6, 6.07) is 2.87. The molecule has 0 saturated carbocycles. The van der Waals surface area contributed by atoms with Crippen molar-refractivity contribution in [2.75, 3.05) is 11.4 Å². The van der Waals surface area contributed by atoms with E-state index in [1.807, 2.05) is 0 Å². The van der Waals surface area contributed by atoms with Crippen LogP contribution in [0.15, 0.2) is 12.1 Å². The fourth-order valence-electron chi connectivity index (χ4n) is 1.87. The van der Waals surface area contributed by atoms with Crippen LogP contribution < -0.4 is 4.90 Å². The van der Waals surface area contributed by atoms with Crippen molar-refractivity contribution in [2.45, 2.75) is 26.4 Å². The molecule has 0 saturated heterocycles. The molecule has 0 unspecified atom stereocenters.